The Hall–Kier alpha value is -3.42. The second kappa shape index (κ2) is 10.2. The SMILES string of the molecule is COc1ccc(C)cc1NC(=O)COC(=O)Cc1cc(OC)c(OC)c(OC)c1. The van der Waals surface area contributed by atoms with Gasteiger partial charge in [0, 0.05) is 0 Å². The van der Waals surface area contributed by atoms with Gasteiger partial charge in [0.15, 0.2) is 18.1 Å². The van der Waals surface area contributed by atoms with Crippen molar-refractivity contribution in [3.63, 3.8) is 0 Å². The van der Waals surface area contributed by atoms with Gasteiger partial charge < -0.3 is 29.0 Å². The molecule has 29 heavy (non-hydrogen) atoms. The monoisotopic (exact) mass is 403 g/mol. The quantitative estimate of drug-likeness (QED) is 0.644. The second-order valence-corrected chi connectivity index (χ2v) is 6.12. The fourth-order valence-electron chi connectivity index (χ4n) is 2.71. The summed E-state index contributed by atoms with van der Waals surface area (Å²) in [7, 11) is 5.99. The number of hydrogen-bond acceptors (Lipinski definition) is 7. The molecule has 8 nitrogen and oxygen atoms in total. The van der Waals surface area contributed by atoms with Gasteiger partial charge in [0.05, 0.1) is 40.5 Å². The Morgan fingerprint density at radius 1 is 0.862 bits per heavy atom. The third kappa shape index (κ3) is 5.78. The summed E-state index contributed by atoms with van der Waals surface area (Å²) >= 11 is 0. The van der Waals surface area contributed by atoms with Crippen LogP contribution in [0, 0.1) is 6.92 Å². The van der Waals surface area contributed by atoms with E-state index in [0.717, 1.165) is 5.56 Å². The fourth-order valence-corrected chi connectivity index (χ4v) is 2.71. The lowest BCUT2D eigenvalue weighted by Gasteiger charge is -2.14. The summed E-state index contributed by atoms with van der Waals surface area (Å²) in [6.07, 6.45) is -0.0578. The van der Waals surface area contributed by atoms with Crippen LogP contribution in [0.15, 0.2) is 30.3 Å². The summed E-state index contributed by atoms with van der Waals surface area (Å²) in [5, 5.41) is 2.68. The molecule has 156 valence electrons. The third-order valence-corrected chi connectivity index (χ3v) is 4.07. The number of benzene rings is 2. The molecule has 1 N–H and O–H groups in total. The number of amides is 1. The van der Waals surface area contributed by atoms with Crippen LogP contribution in [0.1, 0.15) is 11.1 Å². The molecule has 1 amide bonds. The largest absolute Gasteiger partial charge is 0.495 e. The number of rotatable bonds is 9. The van der Waals surface area contributed by atoms with E-state index < -0.39 is 18.5 Å². The fraction of sp³-hybridized carbons (Fsp3) is 0.333. The van der Waals surface area contributed by atoms with Crippen LogP contribution in [0.25, 0.3) is 0 Å². The highest BCUT2D eigenvalue weighted by molar-refractivity contribution is 5.94. The lowest BCUT2D eigenvalue weighted by Crippen LogP contribution is -2.22. The van der Waals surface area contributed by atoms with E-state index in [0.29, 0.717) is 34.2 Å². The van der Waals surface area contributed by atoms with Gasteiger partial charge in [-0.1, -0.05) is 6.07 Å². The molecule has 2 aromatic carbocycles. The van der Waals surface area contributed by atoms with Crippen LogP contribution < -0.4 is 24.3 Å². The number of aryl methyl sites for hydroxylation is 1. The van der Waals surface area contributed by atoms with E-state index in [9.17, 15) is 9.59 Å². The number of ether oxygens (including phenoxy) is 5. The van der Waals surface area contributed by atoms with Crippen molar-refractivity contribution in [2.24, 2.45) is 0 Å². The molecule has 2 aromatic rings. The molecule has 0 spiro atoms. The molecular weight excluding hydrogens is 378 g/mol. The highest BCUT2D eigenvalue weighted by Crippen LogP contribution is 2.38. The smallest absolute Gasteiger partial charge is 0.310 e. The van der Waals surface area contributed by atoms with E-state index in [-0.39, 0.29) is 6.42 Å². The van der Waals surface area contributed by atoms with Gasteiger partial charge in [-0.25, -0.2) is 0 Å². The summed E-state index contributed by atoms with van der Waals surface area (Å²) in [6, 6.07) is 8.70. The van der Waals surface area contributed by atoms with Gasteiger partial charge in [-0.2, -0.15) is 0 Å². The molecular formula is C21H25NO7. The molecule has 0 saturated carbocycles. The summed E-state index contributed by atoms with van der Waals surface area (Å²) in [6.45, 7) is 1.48. The Morgan fingerprint density at radius 2 is 1.48 bits per heavy atom. The van der Waals surface area contributed by atoms with Crippen LogP contribution in [0.5, 0.6) is 23.0 Å². The molecule has 0 aromatic heterocycles. The van der Waals surface area contributed by atoms with Crippen LogP contribution in [0.2, 0.25) is 0 Å². The lowest BCUT2D eigenvalue weighted by molar-refractivity contribution is -0.146. The minimum Gasteiger partial charge on any atom is -0.495 e. The van der Waals surface area contributed by atoms with Crippen molar-refractivity contribution in [2.75, 3.05) is 40.4 Å². The molecule has 0 bridgehead atoms. The Kier molecular flexibility index (Phi) is 7.70. The Bertz CT molecular complexity index is 854. The van der Waals surface area contributed by atoms with Gasteiger partial charge in [-0.3, -0.25) is 9.59 Å². The van der Waals surface area contributed by atoms with Crippen molar-refractivity contribution in [3.05, 3.63) is 41.5 Å². The van der Waals surface area contributed by atoms with E-state index >= 15 is 0 Å². The number of hydrogen-bond donors (Lipinski definition) is 1. The number of carbonyl (C=O) groups excluding carboxylic acids is 2. The van der Waals surface area contributed by atoms with Crippen LogP contribution in [0.3, 0.4) is 0 Å². The first kappa shape index (κ1) is 21.9. The minimum absolute atomic E-state index is 0.0578. The van der Waals surface area contributed by atoms with Gasteiger partial charge >= 0.3 is 5.97 Å². The van der Waals surface area contributed by atoms with Crippen molar-refractivity contribution in [3.8, 4) is 23.0 Å². The number of carbonyl (C=O) groups is 2. The van der Waals surface area contributed by atoms with Gasteiger partial charge in [0.2, 0.25) is 5.75 Å². The van der Waals surface area contributed by atoms with Crippen LogP contribution in [0.4, 0.5) is 5.69 Å². The first-order valence-corrected chi connectivity index (χ1v) is 8.80. The minimum atomic E-state index is -0.564. The van der Waals surface area contributed by atoms with Crippen LogP contribution in [-0.2, 0) is 20.7 Å². The first-order chi connectivity index (χ1) is 13.9. The van der Waals surface area contributed by atoms with Crippen molar-refractivity contribution in [2.45, 2.75) is 13.3 Å². The van der Waals surface area contributed by atoms with Crippen LogP contribution >= 0.6 is 0 Å². The summed E-state index contributed by atoms with van der Waals surface area (Å²) in [5.74, 6) is 0.780. The molecule has 0 unspecified atom stereocenters. The van der Waals surface area contributed by atoms with E-state index in [4.69, 9.17) is 23.7 Å². The molecule has 0 saturated heterocycles. The topological polar surface area (TPSA) is 92.3 Å². The van der Waals surface area contributed by atoms with Crippen molar-refractivity contribution in [1.29, 1.82) is 0 Å². The predicted molar refractivity (Wildman–Crippen MR) is 107 cm³/mol. The molecule has 0 aliphatic carbocycles. The van der Waals surface area contributed by atoms with Gasteiger partial charge in [-0.05, 0) is 42.3 Å². The highest BCUT2D eigenvalue weighted by atomic mass is 16.5. The second-order valence-electron chi connectivity index (χ2n) is 6.12. The number of anilines is 1. The van der Waals surface area contributed by atoms with Gasteiger partial charge in [0.1, 0.15) is 5.75 Å². The zero-order valence-electron chi connectivity index (χ0n) is 17.2. The molecule has 2 rings (SSSR count). The maximum atomic E-state index is 12.2. The highest BCUT2D eigenvalue weighted by Gasteiger charge is 2.16. The maximum absolute atomic E-state index is 12.2. The molecule has 0 heterocycles. The Balaban J connectivity index is 1.98. The van der Waals surface area contributed by atoms with Crippen molar-refractivity contribution < 1.29 is 33.3 Å². The summed E-state index contributed by atoms with van der Waals surface area (Å²) in [5.41, 5.74) is 2.07. The summed E-state index contributed by atoms with van der Waals surface area (Å²) < 4.78 is 26.1. The zero-order chi connectivity index (χ0) is 21.4. The molecule has 0 fully saturated rings. The lowest BCUT2D eigenvalue weighted by atomic mass is 10.1. The molecule has 0 aliphatic heterocycles. The molecule has 8 heteroatoms. The van der Waals surface area contributed by atoms with E-state index in [1.807, 2.05) is 13.0 Å². The molecule has 0 radical (unpaired) electrons. The van der Waals surface area contributed by atoms with Gasteiger partial charge in [0.25, 0.3) is 5.91 Å². The summed E-state index contributed by atoms with van der Waals surface area (Å²) in [4.78, 5) is 24.3. The van der Waals surface area contributed by atoms with Crippen molar-refractivity contribution >= 4 is 17.6 Å². The van der Waals surface area contributed by atoms with E-state index in [1.165, 1.54) is 28.4 Å². The number of esters is 1. The third-order valence-electron chi connectivity index (χ3n) is 4.07. The maximum Gasteiger partial charge on any atom is 0.310 e. The van der Waals surface area contributed by atoms with Crippen LogP contribution in [-0.4, -0.2) is 46.9 Å². The average molecular weight is 403 g/mol. The van der Waals surface area contributed by atoms with E-state index in [2.05, 4.69) is 5.32 Å². The molecule has 0 aliphatic rings. The zero-order valence-corrected chi connectivity index (χ0v) is 17.2. The standard InChI is InChI=1S/C21H25NO7/c1-13-6-7-16(25-2)15(8-13)22-19(23)12-29-20(24)11-14-9-17(26-3)21(28-5)18(10-14)27-4/h6-10H,11-12H2,1-5H3,(H,22,23). The van der Waals surface area contributed by atoms with E-state index in [1.54, 1.807) is 24.3 Å². The average Bonchev–Trinajstić information content (AvgIpc) is 2.71. The normalized spacial score (nSPS) is 10.1. The Labute approximate surface area is 169 Å². The molecule has 0 atom stereocenters. The predicted octanol–water partition coefficient (Wildman–Crippen LogP) is 2.75. The van der Waals surface area contributed by atoms with Gasteiger partial charge in [-0.15, -0.1) is 0 Å². The Morgan fingerprint density at radius 3 is 2.03 bits per heavy atom. The number of nitrogens with one attached hydrogen (secondary N) is 1. The number of methoxy groups -OCH3 is 4. The first-order valence-electron chi connectivity index (χ1n) is 8.80. The van der Waals surface area contributed by atoms with Crippen molar-refractivity contribution in [1.82, 2.24) is 0 Å².